The van der Waals surface area contributed by atoms with Crippen LogP contribution in [0.4, 0.5) is 5.69 Å². The first-order chi connectivity index (χ1) is 13.8. The van der Waals surface area contributed by atoms with Crippen LogP contribution in [-0.2, 0) is 14.8 Å². The Kier molecular flexibility index (Phi) is 7.19. The van der Waals surface area contributed by atoms with E-state index in [9.17, 15) is 13.2 Å². The first-order valence-corrected chi connectivity index (χ1v) is 11.6. The van der Waals surface area contributed by atoms with Gasteiger partial charge in [-0.3, -0.25) is 9.69 Å². The van der Waals surface area contributed by atoms with Crippen molar-refractivity contribution < 1.29 is 13.2 Å². The zero-order chi connectivity index (χ0) is 21.0. The summed E-state index contributed by atoms with van der Waals surface area (Å²) in [6, 6.07) is 12.6. The van der Waals surface area contributed by atoms with E-state index in [1.807, 2.05) is 17.9 Å². The lowest BCUT2D eigenvalue weighted by Crippen LogP contribution is -2.50. The minimum Gasteiger partial charge on any atom is -0.323 e. The minimum absolute atomic E-state index is 0.140. The van der Waals surface area contributed by atoms with Crippen molar-refractivity contribution in [3.8, 4) is 0 Å². The second-order valence-corrected chi connectivity index (χ2v) is 9.59. The summed E-state index contributed by atoms with van der Waals surface area (Å²) in [6.45, 7) is 3.07. The number of carbonyl (C=O) groups excluding carboxylic acids is 1. The second kappa shape index (κ2) is 9.45. The fraction of sp³-hybridized carbons (Fsp3) is 0.350. The zero-order valence-corrected chi connectivity index (χ0v) is 18.3. The van der Waals surface area contributed by atoms with Crippen LogP contribution in [0.1, 0.15) is 19.8 Å². The number of amides is 1. The molecular formula is C20H23Cl2N3O3S. The van der Waals surface area contributed by atoms with Gasteiger partial charge in [0.05, 0.1) is 21.6 Å². The molecule has 0 radical (unpaired) electrons. The molecule has 9 heteroatoms. The molecule has 0 aromatic heterocycles. The van der Waals surface area contributed by atoms with Crippen LogP contribution in [-0.4, -0.2) is 44.4 Å². The molecular weight excluding hydrogens is 433 g/mol. The van der Waals surface area contributed by atoms with E-state index in [2.05, 4.69) is 10.0 Å². The van der Waals surface area contributed by atoms with Crippen LogP contribution in [0.5, 0.6) is 0 Å². The lowest BCUT2D eigenvalue weighted by molar-refractivity contribution is -0.121. The Morgan fingerprint density at radius 3 is 2.31 bits per heavy atom. The number of nitrogens with one attached hydrogen (secondary N) is 2. The topological polar surface area (TPSA) is 78.5 Å². The van der Waals surface area contributed by atoms with Crippen LogP contribution in [0.2, 0.25) is 10.0 Å². The van der Waals surface area contributed by atoms with Gasteiger partial charge < -0.3 is 5.32 Å². The van der Waals surface area contributed by atoms with Crippen molar-refractivity contribution in [3.63, 3.8) is 0 Å². The van der Waals surface area contributed by atoms with Crippen LogP contribution < -0.4 is 10.0 Å². The van der Waals surface area contributed by atoms with Gasteiger partial charge in [0, 0.05) is 24.2 Å². The van der Waals surface area contributed by atoms with Crippen molar-refractivity contribution in [3.05, 3.63) is 58.6 Å². The molecule has 2 N–H and O–H groups in total. The number of carbonyl (C=O) groups is 1. The molecule has 2 aromatic carbocycles. The SMILES string of the molecule is CC(C(=O)Nc1ccccc1Cl)N1CCC(NS(=O)(=O)c2ccc(Cl)cc2)CC1. The van der Waals surface area contributed by atoms with E-state index in [4.69, 9.17) is 23.2 Å². The third-order valence-electron chi connectivity index (χ3n) is 5.03. The minimum atomic E-state index is -3.60. The van der Waals surface area contributed by atoms with Gasteiger partial charge in [-0.2, -0.15) is 0 Å². The average molecular weight is 456 g/mol. The van der Waals surface area contributed by atoms with E-state index in [1.165, 1.54) is 12.1 Å². The maximum atomic E-state index is 12.6. The number of likely N-dealkylation sites (tertiary alicyclic amines) is 1. The molecule has 1 atom stereocenters. The molecule has 156 valence electrons. The van der Waals surface area contributed by atoms with Crippen LogP contribution in [0, 0.1) is 0 Å². The van der Waals surface area contributed by atoms with E-state index < -0.39 is 10.0 Å². The third-order valence-corrected chi connectivity index (χ3v) is 7.15. The number of anilines is 1. The third kappa shape index (κ3) is 5.71. The number of hydrogen-bond donors (Lipinski definition) is 2. The number of rotatable bonds is 6. The zero-order valence-electron chi connectivity index (χ0n) is 15.9. The molecule has 3 rings (SSSR count). The highest BCUT2D eigenvalue weighted by Crippen LogP contribution is 2.22. The standard InChI is InChI=1S/C20H23Cl2N3O3S/c1-14(20(26)23-19-5-3-2-4-18(19)22)25-12-10-16(11-13-25)24-29(27,28)17-8-6-15(21)7-9-17/h2-9,14,16,24H,10-13H2,1H3,(H,23,26). The molecule has 1 aliphatic rings. The molecule has 1 unspecified atom stereocenters. The van der Waals surface area contributed by atoms with Crippen LogP contribution >= 0.6 is 23.2 Å². The van der Waals surface area contributed by atoms with Crippen LogP contribution in [0.25, 0.3) is 0 Å². The highest BCUT2D eigenvalue weighted by molar-refractivity contribution is 7.89. The number of piperidine rings is 1. The molecule has 1 saturated heterocycles. The van der Waals surface area contributed by atoms with Crippen molar-refractivity contribution >= 4 is 44.8 Å². The van der Waals surface area contributed by atoms with Crippen molar-refractivity contribution in [2.45, 2.75) is 36.7 Å². The molecule has 0 aliphatic carbocycles. The predicted molar refractivity (Wildman–Crippen MR) is 116 cm³/mol. The highest BCUT2D eigenvalue weighted by atomic mass is 35.5. The van der Waals surface area contributed by atoms with Crippen molar-refractivity contribution in [2.24, 2.45) is 0 Å². The van der Waals surface area contributed by atoms with Gasteiger partial charge in [-0.1, -0.05) is 35.3 Å². The Morgan fingerprint density at radius 2 is 1.69 bits per heavy atom. The monoisotopic (exact) mass is 455 g/mol. The molecule has 0 saturated carbocycles. The fourth-order valence-corrected chi connectivity index (χ4v) is 4.89. The quantitative estimate of drug-likeness (QED) is 0.694. The maximum absolute atomic E-state index is 12.6. The van der Waals surface area contributed by atoms with E-state index in [0.717, 1.165) is 0 Å². The highest BCUT2D eigenvalue weighted by Gasteiger charge is 2.29. The fourth-order valence-electron chi connectivity index (χ4n) is 3.27. The average Bonchev–Trinajstić information content (AvgIpc) is 2.70. The Hall–Kier alpha value is -1.64. The largest absolute Gasteiger partial charge is 0.323 e. The van der Waals surface area contributed by atoms with Gasteiger partial charge in [0.1, 0.15) is 0 Å². The van der Waals surface area contributed by atoms with E-state index in [-0.39, 0.29) is 22.9 Å². The Bertz CT molecular complexity index is 959. The summed E-state index contributed by atoms with van der Waals surface area (Å²) in [7, 11) is -3.60. The summed E-state index contributed by atoms with van der Waals surface area (Å²) in [5.41, 5.74) is 0.580. The second-order valence-electron chi connectivity index (χ2n) is 7.03. The van der Waals surface area contributed by atoms with Gasteiger partial charge in [0.2, 0.25) is 15.9 Å². The molecule has 0 bridgehead atoms. The number of halogens is 2. The van der Waals surface area contributed by atoms with Crippen LogP contribution in [0.15, 0.2) is 53.4 Å². The molecule has 1 aliphatic heterocycles. The summed E-state index contributed by atoms with van der Waals surface area (Å²) < 4.78 is 27.8. The van der Waals surface area contributed by atoms with Gasteiger partial charge in [-0.05, 0) is 56.2 Å². The van der Waals surface area contributed by atoms with Crippen LogP contribution in [0.3, 0.4) is 0 Å². The van der Waals surface area contributed by atoms with Crippen molar-refractivity contribution in [1.82, 2.24) is 9.62 Å². The molecule has 1 heterocycles. The van der Waals surface area contributed by atoms with Gasteiger partial charge >= 0.3 is 0 Å². The van der Waals surface area contributed by atoms with Crippen molar-refractivity contribution in [1.29, 1.82) is 0 Å². The summed E-state index contributed by atoms with van der Waals surface area (Å²) in [4.78, 5) is 14.8. The first-order valence-electron chi connectivity index (χ1n) is 9.33. The molecule has 0 spiro atoms. The van der Waals surface area contributed by atoms with E-state index in [1.54, 1.807) is 30.3 Å². The van der Waals surface area contributed by atoms with Gasteiger partial charge in [0.15, 0.2) is 0 Å². The Morgan fingerprint density at radius 1 is 1.07 bits per heavy atom. The van der Waals surface area contributed by atoms with Gasteiger partial charge in [0.25, 0.3) is 0 Å². The maximum Gasteiger partial charge on any atom is 0.241 e. The number of benzene rings is 2. The van der Waals surface area contributed by atoms with Crippen molar-refractivity contribution in [2.75, 3.05) is 18.4 Å². The molecule has 29 heavy (non-hydrogen) atoms. The Labute approximate surface area is 181 Å². The summed E-state index contributed by atoms with van der Waals surface area (Å²) in [5.74, 6) is -0.140. The molecule has 2 aromatic rings. The number of sulfonamides is 1. The molecule has 1 fully saturated rings. The van der Waals surface area contributed by atoms with E-state index in [0.29, 0.717) is 41.7 Å². The first kappa shape index (κ1) is 22.1. The number of nitrogens with zero attached hydrogens (tertiary/aromatic N) is 1. The molecule has 1 amide bonds. The number of para-hydroxylation sites is 1. The smallest absolute Gasteiger partial charge is 0.241 e. The van der Waals surface area contributed by atoms with Gasteiger partial charge in [-0.25, -0.2) is 13.1 Å². The summed E-state index contributed by atoms with van der Waals surface area (Å²) >= 11 is 11.9. The normalized spacial score (nSPS) is 17.1. The predicted octanol–water partition coefficient (Wildman–Crippen LogP) is 3.76. The lowest BCUT2D eigenvalue weighted by Gasteiger charge is -2.35. The summed E-state index contributed by atoms with van der Waals surface area (Å²) in [5, 5.41) is 3.82. The number of hydrogen-bond acceptors (Lipinski definition) is 4. The van der Waals surface area contributed by atoms with E-state index >= 15 is 0 Å². The lowest BCUT2D eigenvalue weighted by atomic mass is 10.0. The Balaban J connectivity index is 1.53. The van der Waals surface area contributed by atoms with Gasteiger partial charge in [-0.15, -0.1) is 0 Å². The summed E-state index contributed by atoms with van der Waals surface area (Å²) in [6.07, 6.45) is 1.24. The molecule has 6 nitrogen and oxygen atoms in total.